The Kier molecular flexibility index (Phi) is 3.61. The third kappa shape index (κ3) is 2.38. The van der Waals surface area contributed by atoms with Crippen molar-refractivity contribution in [2.75, 3.05) is 19.6 Å². The molecule has 2 aliphatic rings. The van der Waals surface area contributed by atoms with Crippen molar-refractivity contribution in [2.45, 2.75) is 31.7 Å². The second-order valence-corrected chi connectivity index (χ2v) is 5.89. The van der Waals surface area contributed by atoms with Crippen LogP contribution in [0.2, 0.25) is 0 Å². The molecular weight excluding hydrogens is 254 g/mol. The van der Waals surface area contributed by atoms with E-state index in [0.717, 1.165) is 38.2 Å². The number of nitrogens with two attached hydrogens (primary N) is 1. The molecule has 0 saturated carbocycles. The number of carbonyl (C=O) groups excluding carboxylic acids is 1. The molecule has 1 unspecified atom stereocenters. The minimum Gasteiger partial charge on any atom is -0.342 e. The zero-order valence-electron chi connectivity index (χ0n) is 11.6. The molecule has 20 heavy (non-hydrogen) atoms. The molecule has 2 bridgehead atoms. The topological polar surface area (TPSA) is 68.3 Å². The van der Waals surface area contributed by atoms with Gasteiger partial charge in [-0.25, -0.2) is 0 Å². The number of nitrogens with zero attached hydrogens (tertiary/aromatic N) is 2. The third-order valence-electron chi connectivity index (χ3n) is 4.43. The van der Waals surface area contributed by atoms with Gasteiger partial charge >= 0.3 is 0 Å². The van der Waals surface area contributed by atoms with Gasteiger partial charge in [-0.15, -0.1) is 0 Å². The van der Waals surface area contributed by atoms with E-state index in [1.165, 1.54) is 0 Å². The lowest BCUT2D eigenvalue weighted by Crippen LogP contribution is -2.49. The average Bonchev–Trinajstić information content (AvgIpc) is 2.46. The largest absolute Gasteiger partial charge is 0.342 e. The summed E-state index contributed by atoms with van der Waals surface area (Å²) >= 11 is 0. The molecule has 2 N–H and O–H groups in total. The molecule has 1 fully saturated rings. The first kappa shape index (κ1) is 13.4. The van der Waals surface area contributed by atoms with Gasteiger partial charge in [-0.3, -0.25) is 9.59 Å². The second kappa shape index (κ2) is 5.40. The number of hydrogen-bond acceptors (Lipinski definition) is 3. The Hall–Kier alpha value is -1.62. The molecule has 5 heteroatoms. The highest BCUT2D eigenvalue weighted by Crippen LogP contribution is 2.35. The van der Waals surface area contributed by atoms with Gasteiger partial charge in [-0.1, -0.05) is 6.07 Å². The summed E-state index contributed by atoms with van der Waals surface area (Å²) in [6.07, 6.45) is 2.38. The summed E-state index contributed by atoms with van der Waals surface area (Å²) in [5.74, 6) is 0.915. The van der Waals surface area contributed by atoms with E-state index in [2.05, 4.69) is 0 Å². The Balaban J connectivity index is 1.80. The molecule has 0 radical (unpaired) electrons. The summed E-state index contributed by atoms with van der Waals surface area (Å²) in [6, 6.07) is 5.47. The van der Waals surface area contributed by atoms with E-state index in [1.54, 1.807) is 6.07 Å². The minimum atomic E-state index is 0.0834. The summed E-state index contributed by atoms with van der Waals surface area (Å²) < 4.78 is 1.89. The molecule has 5 nitrogen and oxygen atoms in total. The Labute approximate surface area is 118 Å². The Morgan fingerprint density at radius 1 is 1.30 bits per heavy atom. The lowest BCUT2D eigenvalue weighted by molar-refractivity contribution is -0.134. The molecule has 1 amide bonds. The molecule has 1 saturated heterocycles. The fraction of sp³-hybridized carbons (Fsp3) is 0.600. The highest BCUT2D eigenvalue weighted by molar-refractivity contribution is 5.76. The number of rotatable bonds is 3. The lowest BCUT2D eigenvalue weighted by Gasteiger charge is -2.42. The number of pyridine rings is 1. The van der Waals surface area contributed by atoms with Crippen molar-refractivity contribution in [1.82, 2.24) is 9.47 Å². The predicted molar refractivity (Wildman–Crippen MR) is 76.4 cm³/mol. The number of piperidine rings is 1. The van der Waals surface area contributed by atoms with Gasteiger partial charge in [0.15, 0.2) is 0 Å². The van der Waals surface area contributed by atoms with Gasteiger partial charge in [0.2, 0.25) is 5.91 Å². The number of likely N-dealkylation sites (tertiary alicyclic amines) is 1. The summed E-state index contributed by atoms with van der Waals surface area (Å²) in [6.45, 7) is 2.82. The summed E-state index contributed by atoms with van der Waals surface area (Å²) in [4.78, 5) is 26.1. The molecule has 1 aromatic rings. The lowest BCUT2D eigenvalue weighted by atomic mass is 9.83. The normalized spacial score (nSPS) is 24.4. The first-order valence-electron chi connectivity index (χ1n) is 7.36. The van der Waals surface area contributed by atoms with E-state index in [-0.39, 0.29) is 11.5 Å². The maximum atomic E-state index is 12.2. The summed E-state index contributed by atoms with van der Waals surface area (Å²) in [5.41, 5.74) is 6.64. The van der Waals surface area contributed by atoms with E-state index in [9.17, 15) is 9.59 Å². The summed E-state index contributed by atoms with van der Waals surface area (Å²) in [5, 5.41) is 0. The van der Waals surface area contributed by atoms with E-state index in [0.29, 0.717) is 24.8 Å². The van der Waals surface area contributed by atoms with Crippen LogP contribution in [0.3, 0.4) is 0 Å². The van der Waals surface area contributed by atoms with Crippen molar-refractivity contribution >= 4 is 5.91 Å². The van der Waals surface area contributed by atoms with Crippen LogP contribution < -0.4 is 11.3 Å². The van der Waals surface area contributed by atoms with Crippen LogP contribution in [0.15, 0.2) is 23.0 Å². The highest BCUT2D eigenvalue weighted by atomic mass is 16.2. The Morgan fingerprint density at radius 3 is 2.95 bits per heavy atom. The molecular formula is C15H21N3O2. The van der Waals surface area contributed by atoms with Gasteiger partial charge in [-0.05, 0) is 31.4 Å². The highest BCUT2D eigenvalue weighted by Gasteiger charge is 2.35. The van der Waals surface area contributed by atoms with E-state index in [4.69, 9.17) is 5.73 Å². The SMILES string of the molecule is NCCCC(=O)N1CC2C[C@@H](C1)c1cccc(=O)n1C2. The van der Waals surface area contributed by atoms with Crippen LogP contribution in [0.4, 0.5) is 0 Å². The number of fused-ring (bicyclic) bond motifs is 4. The Bertz CT molecular complexity index is 566. The van der Waals surface area contributed by atoms with Crippen LogP contribution >= 0.6 is 0 Å². The fourth-order valence-electron chi connectivity index (χ4n) is 3.51. The van der Waals surface area contributed by atoms with Crippen LogP contribution in [0.1, 0.15) is 30.9 Å². The van der Waals surface area contributed by atoms with Crippen molar-refractivity contribution < 1.29 is 4.79 Å². The molecule has 0 spiro atoms. The second-order valence-electron chi connectivity index (χ2n) is 5.89. The van der Waals surface area contributed by atoms with E-state index < -0.39 is 0 Å². The van der Waals surface area contributed by atoms with Crippen LogP contribution in [0, 0.1) is 5.92 Å². The molecule has 2 atom stereocenters. The van der Waals surface area contributed by atoms with Crippen molar-refractivity contribution in [3.8, 4) is 0 Å². The number of carbonyl (C=O) groups is 1. The van der Waals surface area contributed by atoms with Crippen LogP contribution in [0.5, 0.6) is 0 Å². The number of aromatic nitrogens is 1. The quantitative estimate of drug-likeness (QED) is 0.875. The zero-order chi connectivity index (χ0) is 14.1. The molecule has 0 aliphatic carbocycles. The first-order valence-corrected chi connectivity index (χ1v) is 7.36. The number of hydrogen-bond donors (Lipinski definition) is 1. The molecule has 1 aromatic heterocycles. The van der Waals surface area contributed by atoms with Gasteiger partial charge in [0.1, 0.15) is 0 Å². The van der Waals surface area contributed by atoms with Crippen LogP contribution in [0.25, 0.3) is 0 Å². The van der Waals surface area contributed by atoms with Crippen LogP contribution in [-0.4, -0.2) is 35.0 Å². The van der Waals surface area contributed by atoms with Crippen molar-refractivity contribution in [3.05, 3.63) is 34.2 Å². The third-order valence-corrected chi connectivity index (χ3v) is 4.43. The number of amides is 1. The van der Waals surface area contributed by atoms with Gasteiger partial charge in [0, 0.05) is 43.7 Å². The van der Waals surface area contributed by atoms with E-state index >= 15 is 0 Å². The molecule has 0 aromatic carbocycles. The average molecular weight is 275 g/mol. The maximum Gasteiger partial charge on any atom is 0.250 e. The van der Waals surface area contributed by atoms with E-state index in [1.807, 2.05) is 21.6 Å². The zero-order valence-corrected chi connectivity index (χ0v) is 11.6. The van der Waals surface area contributed by atoms with Gasteiger partial charge in [0.25, 0.3) is 5.56 Å². The van der Waals surface area contributed by atoms with Gasteiger partial charge in [0.05, 0.1) is 0 Å². The smallest absolute Gasteiger partial charge is 0.250 e. The van der Waals surface area contributed by atoms with Crippen molar-refractivity contribution in [2.24, 2.45) is 11.7 Å². The molecule has 3 rings (SSSR count). The minimum absolute atomic E-state index is 0.0834. The fourth-order valence-corrected chi connectivity index (χ4v) is 3.51. The molecule has 3 heterocycles. The standard InChI is InChI=1S/C15H21N3O2/c16-6-2-5-14(19)17-8-11-7-12(10-17)13-3-1-4-15(20)18(13)9-11/h1,3-4,11-12H,2,5-10,16H2/t11?,12-/m0/s1. The maximum absolute atomic E-state index is 12.2. The monoisotopic (exact) mass is 275 g/mol. The van der Waals surface area contributed by atoms with Gasteiger partial charge in [-0.2, -0.15) is 0 Å². The van der Waals surface area contributed by atoms with Crippen LogP contribution in [-0.2, 0) is 11.3 Å². The molecule has 108 valence electrons. The van der Waals surface area contributed by atoms with Crippen molar-refractivity contribution in [1.29, 1.82) is 0 Å². The first-order chi connectivity index (χ1) is 9.69. The van der Waals surface area contributed by atoms with Crippen molar-refractivity contribution in [3.63, 3.8) is 0 Å². The predicted octanol–water partition coefficient (Wildman–Crippen LogP) is 0.533. The molecule has 2 aliphatic heterocycles. The Morgan fingerprint density at radius 2 is 2.15 bits per heavy atom. The summed E-state index contributed by atoms with van der Waals surface area (Å²) in [7, 11) is 0. The van der Waals surface area contributed by atoms with Gasteiger partial charge < -0.3 is 15.2 Å².